The van der Waals surface area contributed by atoms with Gasteiger partial charge in [-0.25, -0.2) is 0 Å². The number of anilines is 1. The summed E-state index contributed by atoms with van der Waals surface area (Å²) in [6, 6.07) is 14.8. The van der Waals surface area contributed by atoms with Crippen molar-refractivity contribution in [2.75, 3.05) is 11.9 Å². The van der Waals surface area contributed by atoms with Gasteiger partial charge in [-0.2, -0.15) is 0 Å². The maximum atomic E-state index is 13.2. The molecule has 5 rings (SSSR count). The van der Waals surface area contributed by atoms with Crippen LogP contribution in [0.1, 0.15) is 18.1 Å². The maximum Gasteiger partial charge on any atom is 0.290 e. The van der Waals surface area contributed by atoms with E-state index in [1.807, 2.05) is 30.5 Å². The molecule has 3 N–H and O–H groups in total. The third-order valence-corrected chi connectivity index (χ3v) is 5.98. The Bertz CT molecular complexity index is 1270. The number of rotatable bonds is 4. The Morgan fingerprint density at radius 1 is 1.10 bits per heavy atom. The van der Waals surface area contributed by atoms with E-state index < -0.39 is 28.9 Å². The average molecular weight is 401 g/mol. The van der Waals surface area contributed by atoms with E-state index in [2.05, 4.69) is 10.3 Å². The number of benzene rings is 2. The zero-order chi connectivity index (χ0) is 21.0. The molecule has 0 aliphatic carbocycles. The van der Waals surface area contributed by atoms with Gasteiger partial charge in [-0.1, -0.05) is 36.4 Å². The quantitative estimate of drug-likeness (QED) is 0.626. The number of aliphatic hydroxyl groups excluding tert-OH is 1. The van der Waals surface area contributed by atoms with Crippen molar-refractivity contribution < 1.29 is 19.5 Å². The van der Waals surface area contributed by atoms with Crippen LogP contribution in [-0.2, 0) is 26.3 Å². The molecule has 2 aliphatic rings. The lowest BCUT2D eigenvalue weighted by Crippen LogP contribution is -2.52. The van der Waals surface area contributed by atoms with Crippen LogP contribution in [0.5, 0.6) is 0 Å². The summed E-state index contributed by atoms with van der Waals surface area (Å²) in [6.07, 6.45) is 2.32. The van der Waals surface area contributed by atoms with E-state index in [9.17, 15) is 19.5 Å². The summed E-state index contributed by atoms with van der Waals surface area (Å²) in [7, 11) is 0. The van der Waals surface area contributed by atoms with Crippen LogP contribution in [0.2, 0.25) is 0 Å². The number of Topliss-reactive ketones (excluding diaryl/α,β-unsaturated/α-hetero) is 1. The lowest BCUT2D eigenvalue weighted by atomic mass is 9.82. The van der Waals surface area contributed by atoms with Crippen molar-refractivity contribution in [3.63, 3.8) is 0 Å². The number of H-pyrrole nitrogens is 1. The van der Waals surface area contributed by atoms with Crippen molar-refractivity contribution >= 4 is 34.2 Å². The van der Waals surface area contributed by atoms with Crippen LogP contribution < -0.4 is 5.32 Å². The van der Waals surface area contributed by atoms with E-state index in [0.29, 0.717) is 17.7 Å². The van der Waals surface area contributed by atoms with E-state index >= 15 is 0 Å². The van der Waals surface area contributed by atoms with Gasteiger partial charge >= 0.3 is 0 Å². The molecule has 0 bridgehead atoms. The Kier molecular flexibility index (Phi) is 3.83. The number of hydrogen-bond acceptors (Lipinski definition) is 4. The lowest BCUT2D eigenvalue weighted by molar-refractivity contribution is -0.139. The summed E-state index contributed by atoms with van der Waals surface area (Å²) in [4.78, 5) is 43.3. The number of amides is 2. The molecule has 2 aromatic carbocycles. The first-order chi connectivity index (χ1) is 14.5. The molecule has 3 aromatic rings. The van der Waals surface area contributed by atoms with Crippen LogP contribution >= 0.6 is 0 Å². The SMILES string of the molecule is CC(=O)C1=C(O)C(=O)N(CCc2c[nH]c3ccccc23)[C@@]12C(=O)Nc1ccccc12. The Balaban J connectivity index is 1.61. The Morgan fingerprint density at radius 3 is 2.63 bits per heavy atom. The van der Waals surface area contributed by atoms with Crippen LogP contribution in [0.15, 0.2) is 66.1 Å². The molecule has 0 saturated carbocycles. The van der Waals surface area contributed by atoms with Crippen molar-refractivity contribution in [2.45, 2.75) is 18.9 Å². The molecule has 2 amide bonds. The van der Waals surface area contributed by atoms with Gasteiger partial charge in [-0.05, 0) is 31.0 Å². The Morgan fingerprint density at radius 2 is 1.83 bits per heavy atom. The number of aromatic nitrogens is 1. The molecule has 1 atom stereocenters. The first-order valence-corrected chi connectivity index (χ1v) is 9.69. The fourth-order valence-corrected chi connectivity index (χ4v) is 4.71. The third kappa shape index (κ3) is 2.23. The number of nitrogens with one attached hydrogen (secondary N) is 2. The minimum atomic E-state index is -1.66. The predicted octanol–water partition coefficient (Wildman–Crippen LogP) is 2.80. The molecule has 30 heavy (non-hydrogen) atoms. The molecule has 7 heteroatoms. The van der Waals surface area contributed by atoms with Gasteiger partial charge in [-0.3, -0.25) is 14.4 Å². The zero-order valence-corrected chi connectivity index (χ0v) is 16.2. The summed E-state index contributed by atoms with van der Waals surface area (Å²) in [5, 5.41) is 14.4. The molecular formula is C23H19N3O4. The first-order valence-electron chi connectivity index (χ1n) is 9.69. The van der Waals surface area contributed by atoms with Crippen LogP contribution in [0.4, 0.5) is 5.69 Å². The van der Waals surface area contributed by atoms with Crippen LogP contribution in [0, 0.1) is 0 Å². The Labute approximate surface area is 172 Å². The number of carbonyl (C=O) groups excluding carboxylic acids is 3. The molecule has 0 fully saturated rings. The molecule has 1 spiro atoms. The summed E-state index contributed by atoms with van der Waals surface area (Å²) in [5.74, 6) is -2.40. The number of carbonyl (C=O) groups is 3. The van der Waals surface area contributed by atoms with Crippen molar-refractivity contribution in [2.24, 2.45) is 0 Å². The van der Waals surface area contributed by atoms with Crippen molar-refractivity contribution in [1.82, 2.24) is 9.88 Å². The van der Waals surface area contributed by atoms with E-state index in [0.717, 1.165) is 16.5 Å². The molecule has 1 aromatic heterocycles. The highest BCUT2D eigenvalue weighted by atomic mass is 16.3. The number of nitrogens with zero attached hydrogens (tertiary/aromatic N) is 1. The minimum Gasteiger partial charge on any atom is -0.503 e. The van der Waals surface area contributed by atoms with E-state index in [4.69, 9.17) is 0 Å². The van der Waals surface area contributed by atoms with Gasteiger partial charge in [0.15, 0.2) is 17.1 Å². The zero-order valence-electron chi connectivity index (χ0n) is 16.2. The normalized spacial score (nSPS) is 20.4. The topological polar surface area (TPSA) is 102 Å². The third-order valence-electron chi connectivity index (χ3n) is 5.98. The highest BCUT2D eigenvalue weighted by Gasteiger charge is 2.62. The van der Waals surface area contributed by atoms with Crippen LogP contribution in [0.25, 0.3) is 10.9 Å². The molecule has 2 aliphatic heterocycles. The highest BCUT2D eigenvalue weighted by molar-refractivity contribution is 6.21. The van der Waals surface area contributed by atoms with Crippen molar-refractivity contribution in [1.29, 1.82) is 0 Å². The smallest absolute Gasteiger partial charge is 0.290 e. The van der Waals surface area contributed by atoms with Gasteiger partial charge < -0.3 is 20.3 Å². The van der Waals surface area contributed by atoms with E-state index in [1.165, 1.54) is 11.8 Å². The second-order valence-electron chi connectivity index (χ2n) is 7.56. The molecular weight excluding hydrogens is 382 g/mol. The van der Waals surface area contributed by atoms with Gasteiger partial charge in [0.05, 0.1) is 5.57 Å². The molecule has 0 unspecified atom stereocenters. The highest BCUT2D eigenvalue weighted by Crippen LogP contribution is 2.50. The molecule has 0 saturated heterocycles. The second kappa shape index (κ2) is 6.32. The summed E-state index contributed by atoms with van der Waals surface area (Å²) >= 11 is 0. The monoisotopic (exact) mass is 401 g/mol. The largest absolute Gasteiger partial charge is 0.503 e. The number of ketones is 1. The number of fused-ring (bicyclic) bond motifs is 3. The number of para-hydroxylation sites is 2. The molecule has 150 valence electrons. The number of hydrogen-bond donors (Lipinski definition) is 3. The van der Waals surface area contributed by atoms with Gasteiger partial charge in [0, 0.05) is 34.9 Å². The molecule has 7 nitrogen and oxygen atoms in total. The van der Waals surface area contributed by atoms with Crippen molar-refractivity contribution in [3.05, 3.63) is 77.2 Å². The fraction of sp³-hybridized carbons (Fsp3) is 0.174. The maximum absolute atomic E-state index is 13.2. The van der Waals surface area contributed by atoms with Gasteiger partial charge in [0.2, 0.25) is 0 Å². The molecule has 3 heterocycles. The molecule has 0 radical (unpaired) electrons. The summed E-state index contributed by atoms with van der Waals surface area (Å²) < 4.78 is 0. The first kappa shape index (κ1) is 18.2. The average Bonchev–Trinajstić information content (AvgIpc) is 3.34. The number of aromatic amines is 1. The van der Waals surface area contributed by atoms with E-state index in [1.54, 1.807) is 24.3 Å². The second-order valence-corrected chi connectivity index (χ2v) is 7.56. The van der Waals surface area contributed by atoms with Gasteiger partial charge in [-0.15, -0.1) is 0 Å². The Hall–Kier alpha value is -3.87. The summed E-state index contributed by atoms with van der Waals surface area (Å²) in [6.45, 7) is 1.42. The van der Waals surface area contributed by atoms with E-state index in [-0.39, 0.29) is 12.1 Å². The lowest BCUT2D eigenvalue weighted by Gasteiger charge is -2.34. The van der Waals surface area contributed by atoms with Crippen LogP contribution in [0.3, 0.4) is 0 Å². The summed E-state index contributed by atoms with van der Waals surface area (Å²) in [5.41, 5.74) is 1.15. The fourth-order valence-electron chi connectivity index (χ4n) is 4.71. The number of aliphatic hydroxyl groups is 1. The van der Waals surface area contributed by atoms with Crippen molar-refractivity contribution in [3.8, 4) is 0 Å². The minimum absolute atomic E-state index is 0.156. The van der Waals surface area contributed by atoms with Crippen LogP contribution in [-0.4, -0.2) is 39.1 Å². The standard InChI is InChI=1S/C23H19N3O4/c1-13(27)19-20(28)21(29)26(11-10-14-12-24-17-8-4-2-6-15(14)17)23(19)16-7-3-5-9-18(16)25-22(23)30/h2-9,12,24,28H,10-11H2,1H3,(H,25,30)/t23-/m1/s1. The van der Waals surface area contributed by atoms with Gasteiger partial charge in [0.1, 0.15) is 0 Å². The predicted molar refractivity (Wildman–Crippen MR) is 111 cm³/mol. The van der Waals surface area contributed by atoms with Gasteiger partial charge in [0.25, 0.3) is 11.8 Å².